The number of ether oxygens (including phenoxy) is 1. The number of nitrogens with one attached hydrogen (secondary N) is 1. The summed E-state index contributed by atoms with van der Waals surface area (Å²) in [7, 11) is 3.85. The average Bonchev–Trinajstić information content (AvgIpc) is 2.44. The van der Waals surface area contributed by atoms with Crippen LogP contribution in [0.25, 0.3) is 0 Å². The highest BCUT2D eigenvalue weighted by molar-refractivity contribution is 5.82. The third-order valence-corrected chi connectivity index (χ3v) is 4.93. The van der Waals surface area contributed by atoms with E-state index >= 15 is 0 Å². The number of piperidine rings is 1. The van der Waals surface area contributed by atoms with Gasteiger partial charge in [-0.2, -0.15) is 0 Å². The number of likely N-dealkylation sites (tertiary alicyclic amines) is 1. The van der Waals surface area contributed by atoms with Gasteiger partial charge in [-0.25, -0.2) is 0 Å². The summed E-state index contributed by atoms with van der Waals surface area (Å²) in [6.45, 7) is 8.91. The third-order valence-electron chi connectivity index (χ3n) is 4.93. The Labute approximate surface area is 117 Å². The van der Waals surface area contributed by atoms with E-state index in [0.717, 1.165) is 38.8 Å². The van der Waals surface area contributed by atoms with Crippen LogP contribution in [0, 0.1) is 5.41 Å². The molecule has 1 fully saturated rings. The van der Waals surface area contributed by atoms with E-state index in [1.807, 2.05) is 0 Å². The molecule has 1 aliphatic heterocycles. The van der Waals surface area contributed by atoms with Crippen molar-refractivity contribution in [1.82, 2.24) is 10.2 Å². The Hall–Kier alpha value is -0.610. The Kier molecular flexibility index (Phi) is 5.81. The van der Waals surface area contributed by atoms with E-state index in [1.54, 1.807) is 7.11 Å². The zero-order chi connectivity index (χ0) is 14.5. The van der Waals surface area contributed by atoms with Crippen molar-refractivity contribution in [1.29, 1.82) is 0 Å². The molecule has 0 atom stereocenters. The SMILES string of the molecule is CCC(CC)(CNC(=O)C1(C)CCN(C)CC1)OC. The highest BCUT2D eigenvalue weighted by atomic mass is 16.5. The van der Waals surface area contributed by atoms with Crippen LogP contribution in [0.4, 0.5) is 0 Å². The zero-order valence-electron chi connectivity index (χ0n) is 13.2. The highest BCUT2D eigenvalue weighted by Crippen LogP contribution is 2.31. The summed E-state index contributed by atoms with van der Waals surface area (Å²) in [5, 5.41) is 3.12. The fourth-order valence-electron chi connectivity index (χ4n) is 2.65. The maximum Gasteiger partial charge on any atom is 0.226 e. The van der Waals surface area contributed by atoms with Crippen LogP contribution in [0.2, 0.25) is 0 Å². The van der Waals surface area contributed by atoms with Crippen LogP contribution in [0.5, 0.6) is 0 Å². The normalized spacial score (nSPS) is 20.3. The van der Waals surface area contributed by atoms with Gasteiger partial charge in [-0.3, -0.25) is 4.79 Å². The number of hydrogen-bond donors (Lipinski definition) is 1. The maximum atomic E-state index is 12.4. The van der Waals surface area contributed by atoms with Crippen molar-refractivity contribution in [3.63, 3.8) is 0 Å². The minimum Gasteiger partial charge on any atom is -0.376 e. The topological polar surface area (TPSA) is 41.6 Å². The molecule has 1 N–H and O–H groups in total. The predicted octanol–water partition coefficient (Wildman–Crippen LogP) is 2.04. The molecular formula is C15H30N2O2. The lowest BCUT2D eigenvalue weighted by atomic mass is 9.79. The largest absolute Gasteiger partial charge is 0.376 e. The van der Waals surface area contributed by atoms with Crippen molar-refractivity contribution in [3.8, 4) is 0 Å². The number of hydrogen-bond acceptors (Lipinski definition) is 3. The monoisotopic (exact) mass is 270 g/mol. The standard InChI is InChI=1S/C15H30N2O2/c1-6-15(7-2,19-5)12-16-13(18)14(3)8-10-17(4)11-9-14/h6-12H2,1-5H3,(H,16,18). The van der Waals surface area contributed by atoms with Crippen LogP contribution in [-0.4, -0.2) is 50.2 Å². The first-order valence-corrected chi connectivity index (χ1v) is 7.43. The molecular weight excluding hydrogens is 240 g/mol. The molecule has 0 aliphatic carbocycles. The van der Waals surface area contributed by atoms with E-state index in [-0.39, 0.29) is 16.9 Å². The lowest BCUT2D eigenvalue weighted by Crippen LogP contribution is -2.50. The number of rotatable bonds is 6. The van der Waals surface area contributed by atoms with Gasteiger partial charge in [0.1, 0.15) is 0 Å². The summed E-state index contributed by atoms with van der Waals surface area (Å²) in [6.07, 6.45) is 3.71. The lowest BCUT2D eigenvalue weighted by molar-refractivity contribution is -0.134. The second-order valence-electron chi connectivity index (χ2n) is 6.14. The van der Waals surface area contributed by atoms with Crippen molar-refractivity contribution in [3.05, 3.63) is 0 Å². The van der Waals surface area contributed by atoms with E-state index in [4.69, 9.17) is 4.74 Å². The van der Waals surface area contributed by atoms with Crippen molar-refractivity contribution in [2.24, 2.45) is 5.41 Å². The Morgan fingerprint density at radius 2 is 1.84 bits per heavy atom. The second-order valence-corrected chi connectivity index (χ2v) is 6.14. The molecule has 4 nitrogen and oxygen atoms in total. The third kappa shape index (κ3) is 3.93. The first-order chi connectivity index (χ1) is 8.91. The molecule has 0 saturated carbocycles. The number of methoxy groups -OCH3 is 1. The first kappa shape index (κ1) is 16.4. The quantitative estimate of drug-likeness (QED) is 0.803. The van der Waals surface area contributed by atoms with E-state index in [9.17, 15) is 4.79 Å². The molecule has 0 aromatic heterocycles. The lowest BCUT2D eigenvalue weighted by Gasteiger charge is -2.38. The summed E-state index contributed by atoms with van der Waals surface area (Å²) in [5.41, 5.74) is -0.426. The van der Waals surface area contributed by atoms with Crippen LogP contribution in [0.3, 0.4) is 0 Å². The molecule has 1 saturated heterocycles. The van der Waals surface area contributed by atoms with Gasteiger partial charge < -0.3 is 15.0 Å². The van der Waals surface area contributed by atoms with Gasteiger partial charge in [-0.15, -0.1) is 0 Å². The molecule has 1 heterocycles. The number of amides is 1. The highest BCUT2D eigenvalue weighted by Gasteiger charge is 2.37. The number of nitrogens with zero attached hydrogens (tertiary/aromatic N) is 1. The Morgan fingerprint density at radius 1 is 1.32 bits per heavy atom. The van der Waals surface area contributed by atoms with Crippen molar-refractivity contribution >= 4 is 5.91 Å². The molecule has 0 bridgehead atoms. The van der Waals surface area contributed by atoms with E-state index in [2.05, 4.69) is 38.0 Å². The van der Waals surface area contributed by atoms with Crippen molar-refractivity contribution in [2.75, 3.05) is 33.8 Å². The van der Waals surface area contributed by atoms with Gasteiger partial charge in [0, 0.05) is 19.1 Å². The van der Waals surface area contributed by atoms with E-state index < -0.39 is 0 Å². The summed E-state index contributed by atoms with van der Waals surface area (Å²) in [6, 6.07) is 0. The smallest absolute Gasteiger partial charge is 0.226 e. The Balaban J connectivity index is 2.55. The minimum absolute atomic E-state index is 0.184. The Morgan fingerprint density at radius 3 is 2.26 bits per heavy atom. The van der Waals surface area contributed by atoms with Gasteiger partial charge in [0.15, 0.2) is 0 Å². The van der Waals surface area contributed by atoms with Crippen molar-refractivity contribution < 1.29 is 9.53 Å². The van der Waals surface area contributed by atoms with Gasteiger partial charge in [0.05, 0.1) is 5.60 Å². The van der Waals surface area contributed by atoms with Gasteiger partial charge in [0.2, 0.25) is 5.91 Å². The van der Waals surface area contributed by atoms with Crippen LogP contribution >= 0.6 is 0 Å². The number of carbonyl (C=O) groups excluding carboxylic acids is 1. The van der Waals surface area contributed by atoms with Gasteiger partial charge >= 0.3 is 0 Å². The average molecular weight is 270 g/mol. The van der Waals surface area contributed by atoms with Crippen molar-refractivity contribution in [2.45, 2.75) is 52.1 Å². The van der Waals surface area contributed by atoms with Crippen LogP contribution < -0.4 is 5.32 Å². The number of carbonyl (C=O) groups is 1. The first-order valence-electron chi connectivity index (χ1n) is 7.43. The summed E-state index contributed by atoms with van der Waals surface area (Å²) in [5.74, 6) is 0.184. The fourth-order valence-corrected chi connectivity index (χ4v) is 2.65. The molecule has 1 aliphatic rings. The molecule has 4 heteroatoms. The van der Waals surface area contributed by atoms with Gasteiger partial charge in [-0.1, -0.05) is 20.8 Å². The molecule has 0 aromatic carbocycles. The van der Waals surface area contributed by atoms with Gasteiger partial charge in [0.25, 0.3) is 0 Å². The molecule has 0 spiro atoms. The molecule has 0 radical (unpaired) electrons. The zero-order valence-corrected chi connectivity index (χ0v) is 13.2. The summed E-state index contributed by atoms with van der Waals surface area (Å²) >= 11 is 0. The minimum atomic E-state index is -0.215. The molecule has 19 heavy (non-hydrogen) atoms. The molecule has 0 unspecified atom stereocenters. The second kappa shape index (κ2) is 6.71. The maximum absolute atomic E-state index is 12.4. The fraction of sp³-hybridized carbons (Fsp3) is 0.933. The molecule has 0 aromatic rings. The summed E-state index contributed by atoms with van der Waals surface area (Å²) < 4.78 is 5.60. The van der Waals surface area contributed by atoms with Gasteiger partial charge in [-0.05, 0) is 45.8 Å². The molecule has 112 valence electrons. The Bertz CT molecular complexity index is 284. The van der Waals surface area contributed by atoms with E-state index in [1.165, 1.54) is 0 Å². The summed E-state index contributed by atoms with van der Waals surface area (Å²) in [4.78, 5) is 14.7. The van der Waals surface area contributed by atoms with Crippen LogP contribution in [0.1, 0.15) is 46.5 Å². The van der Waals surface area contributed by atoms with Crippen LogP contribution in [0.15, 0.2) is 0 Å². The van der Waals surface area contributed by atoms with Crippen LogP contribution in [-0.2, 0) is 9.53 Å². The molecule has 1 rings (SSSR count). The predicted molar refractivity (Wildman–Crippen MR) is 78.2 cm³/mol. The van der Waals surface area contributed by atoms with E-state index in [0.29, 0.717) is 6.54 Å². The molecule has 1 amide bonds.